The van der Waals surface area contributed by atoms with Crippen LogP contribution in [0, 0.1) is 0 Å². The molecule has 2 rings (SSSR count). The summed E-state index contributed by atoms with van der Waals surface area (Å²) < 4.78 is 2.42. The standard InChI is InChI=1S/C16H21N5O2/c1-5-8-12(3)17-23-11-14-13(6-2)9-7-10-15(14)21-16(22)20(4)18-19-21/h6-7,9-10H,2,5,8,11H2,1,3-4H3. The molecule has 0 radical (unpaired) electrons. The third-order valence-electron chi connectivity index (χ3n) is 3.40. The molecule has 23 heavy (non-hydrogen) atoms. The molecule has 7 nitrogen and oxygen atoms in total. The Balaban J connectivity index is 2.37. The fraction of sp³-hybridized carbons (Fsp3) is 0.375. The zero-order chi connectivity index (χ0) is 16.8. The van der Waals surface area contributed by atoms with Gasteiger partial charge in [-0.05, 0) is 35.4 Å². The molecule has 0 aliphatic rings. The third-order valence-corrected chi connectivity index (χ3v) is 3.40. The van der Waals surface area contributed by atoms with Gasteiger partial charge >= 0.3 is 5.69 Å². The van der Waals surface area contributed by atoms with E-state index in [4.69, 9.17) is 4.84 Å². The van der Waals surface area contributed by atoms with Crippen molar-refractivity contribution in [3.05, 3.63) is 46.4 Å². The number of nitrogens with zero attached hydrogens (tertiary/aromatic N) is 5. The van der Waals surface area contributed by atoms with Crippen molar-refractivity contribution >= 4 is 11.8 Å². The second-order valence-electron chi connectivity index (χ2n) is 5.20. The van der Waals surface area contributed by atoms with E-state index in [1.807, 2.05) is 19.1 Å². The molecule has 1 heterocycles. The molecule has 0 saturated carbocycles. The lowest BCUT2D eigenvalue weighted by Gasteiger charge is -2.11. The molecule has 1 aromatic carbocycles. The topological polar surface area (TPSA) is 74.3 Å². The smallest absolute Gasteiger partial charge is 0.368 e. The summed E-state index contributed by atoms with van der Waals surface area (Å²) in [6.07, 6.45) is 3.62. The van der Waals surface area contributed by atoms with Gasteiger partial charge < -0.3 is 4.84 Å². The van der Waals surface area contributed by atoms with E-state index in [0.29, 0.717) is 5.69 Å². The van der Waals surface area contributed by atoms with Gasteiger partial charge in [-0.25, -0.2) is 4.79 Å². The van der Waals surface area contributed by atoms with Gasteiger partial charge in [-0.1, -0.05) is 43.3 Å². The highest BCUT2D eigenvalue weighted by molar-refractivity contribution is 5.81. The number of tetrazole rings is 1. The maximum Gasteiger partial charge on any atom is 0.368 e. The van der Waals surface area contributed by atoms with E-state index >= 15 is 0 Å². The van der Waals surface area contributed by atoms with Gasteiger partial charge in [0.05, 0.1) is 11.4 Å². The van der Waals surface area contributed by atoms with Crippen LogP contribution in [0.1, 0.15) is 37.8 Å². The summed E-state index contributed by atoms with van der Waals surface area (Å²) in [4.78, 5) is 17.6. The van der Waals surface area contributed by atoms with E-state index in [1.54, 1.807) is 19.2 Å². The molecule has 0 spiro atoms. The fourth-order valence-electron chi connectivity index (χ4n) is 2.22. The van der Waals surface area contributed by atoms with Crippen molar-refractivity contribution in [2.75, 3.05) is 0 Å². The maximum absolute atomic E-state index is 12.1. The number of benzene rings is 1. The Morgan fingerprint density at radius 1 is 1.43 bits per heavy atom. The maximum atomic E-state index is 12.1. The highest BCUT2D eigenvalue weighted by Gasteiger charge is 2.13. The van der Waals surface area contributed by atoms with Crippen LogP contribution in [-0.4, -0.2) is 25.5 Å². The first-order chi connectivity index (χ1) is 11.1. The lowest BCUT2D eigenvalue weighted by atomic mass is 10.1. The third kappa shape index (κ3) is 3.74. The zero-order valence-electron chi connectivity index (χ0n) is 13.7. The van der Waals surface area contributed by atoms with Crippen molar-refractivity contribution in [1.29, 1.82) is 0 Å². The minimum absolute atomic E-state index is 0.224. The van der Waals surface area contributed by atoms with Gasteiger partial charge in [0.2, 0.25) is 0 Å². The van der Waals surface area contributed by atoms with Crippen LogP contribution in [-0.2, 0) is 18.5 Å². The average molecular weight is 315 g/mol. The van der Waals surface area contributed by atoms with E-state index in [-0.39, 0.29) is 12.3 Å². The number of aryl methyl sites for hydroxylation is 1. The number of rotatable bonds is 7. The van der Waals surface area contributed by atoms with E-state index in [2.05, 4.69) is 29.1 Å². The van der Waals surface area contributed by atoms with E-state index in [0.717, 1.165) is 29.7 Å². The average Bonchev–Trinajstić information content (AvgIpc) is 2.87. The van der Waals surface area contributed by atoms with Gasteiger partial charge in [0.25, 0.3) is 0 Å². The Bertz CT molecular complexity index is 773. The largest absolute Gasteiger partial charge is 0.391 e. The Morgan fingerprint density at radius 3 is 2.83 bits per heavy atom. The molecular weight excluding hydrogens is 294 g/mol. The first-order valence-electron chi connectivity index (χ1n) is 7.47. The summed E-state index contributed by atoms with van der Waals surface area (Å²) in [6.45, 7) is 8.05. The Morgan fingerprint density at radius 2 is 2.22 bits per heavy atom. The Hall–Kier alpha value is -2.70. The molecule has 0 aliphatic carbocycles. The van der Waals surface area contributed by atoms with Gasteiger partial charge in [-0.2, -0.15) is 9.36 Å². The monoisotopic (exact) mass is 315 g/mol. The zero-order valence-corrected chi connectivity index (χ0v) is 13.7. The van der Waals surface area contributed by atoms with Crippen LogP contribution in [0.3, 0.4) is 0 Å². The second kappa shape index (κ2) is 7.53. The molecular formula is C16H21N5O2. The fourth-order valence-corrected chi connectivity index (χ4v) is 2.22. The molecule has 0 fully saturated rings. The molecule has 0 N–H and O–H groups in total. The SMILES string of the molecule is C=Cc1cccc(-n2nnn(C)c2=O)c1CON=C(C)CCC. The van der Waals surface area contributed by atoms with Crippen LogP contribution < -0.4 is 5.69 Å². The second-order valence-corrected chi connectivity index (χ2v) is 5.20. The summed E-state index contributed by atoms with van der Waals surface area (Å²) in [7, 11) is 1.55. The van der Waals surface area contributed by atoms with Gasteiger partial charge in [-0.3, -0.25) is 0 Å². The summed E-state index contributed by atoms with van der Waals surface area (Å²) in [5, 5.41) is 11.7. The Labute approximate surface area is 134 Å². The number of hydrogen-bond donors (Lipinski definition) is 0. The van der Waals surface area contributed by atoms with Crippen molar-refractivity contribution in [2.24, 2.45) is 12.2 Å². The van der Waals surface area contributed by atoms with Crippen molar-refractivity contribution in [1.82, 2.24) is 19.8 Å². The highest BCUT2D eigenvalue weighted by atomic mass is 16.6. The van der Waals surface area contributed by atoms with Crippen LogP contribution in [0.2, 0.25) is 0 Å². The minimum Gasteiger partial charge on any atom is -0.391 e. The number of oxime groups is 1. The van der Waals surface area contributed by atoms with Crippen LogP contribution >= 0.6 is 0 Å². The molecule has 0 bridgehead atoms. The van der Waals surface area contributed by atoms with Crippen LogP contribution in [0.5, 0.6) is 0 Å². The molecule has 0 saturated heterocycles. The van der Waals surface area contributed by atoms with Crippen LogP contribution in [0.15, 0.2) is 34.7 Å². The molecule has 2 aromatic rings. The van der Waals surface area contributed by atoms with Crippen LogP contribution in [0.4, 0.5) is 0 Å². The molecule has 7 heteroatoms. The summed E-state index contributed by atoms with van der Waals surface area (Å²) in [5.41, 5.74) is 2.88. The molecule has 0 atom stereocenters. The number of hydrogen-bond acceptors (Lipinski definition) is 5. The van der Waals surface area contributed by atoms with Crippen molar-refractivity contribution in [2.45, 2.75) is 33.3 Å². The summed E-state index contributed by atoms with van der Waals surface area (Å²) in [6, 6.07) is 5.53. The van der Waals surface area contributed by atoms with Gasteiger partial charge in [0.15, 0.2) is 0 Å². The van der Waals surface area contributed by atoms with Gasteiger partial charge in [0, 0.05) is 12.6 Å². The molecule has 1 aromatic heterocycles. The summed E-state index contributed by atoms with van der Waals surface area (Å²) in [5.74, 6) is 0. The van der Waals surface area contributed by atoms with Gasteiger partial charge in [0.1, 0.15) is 6.61 Å². The van der Waals surface area contributed by atoms with Crippen molar-refractivity contribution in [3.8, 4) is 5.69 Å². The first-order valence-corrected chi connectivity index (χ1v) is 7.47. The van der Waals surface area contributed by atoms with Crippen LogP contribution in [0.25, 0.3) is 11.8 Å². The molecule has 0 aliphatic heterocycles. The molecule has 122 valence electrons. The van der Waals surface area contributed by atoms with Crippen molar-refractivity contribution < 1.29 is 4.84 Å². The van der Waals surface area contributed by atoms with E-state index in [9.17, 15) is 4.79 Å². The highest BCUT2D eigenvalue weighted by Crippen LogP contribution is 2.19. The number of aromatic nitrogens is 4. The lowest BCUT2D eigenvalue weighted by molar-refractivity contribution is 0.129. The quantitative estimate of drug-likeness (QED) is 0.580. The molecule has 0 amide bonds. The van der Waals surface area contributed by atoms with Crippen molar-refractivity contribution in [3.63, 3.8) is 0 Å². The summed E-state index contributed by atoms with van der Waals surface area (Å²) >= 11 is 0. The van der Waals surface area contributed by atoms with E-state index < -0.39 is 0 Å². The van der Waals surface area contributed by atoms with Gasteiger partial charge in [-0.15, -0.1) is 0 Å². The minimum atomic E-state index is -0.321. The lowest BCUT2D eigenvalue weighted by Crippen LogP contribution is -2.23. The van der Waals surface area contributed by atoms with E-state index in [1.165, 1.54) is 9.36 Å². The Kier molecular flexibility index (Phi) is 5.46. The normalized spacial score (nSPS) is 11.5. The molecule has 0 unspecified atom stereocenters. The predicted octanol–water partition coefficient (Wildman–Crippen LogP) is 2.30. The first kappa shape index (κ1) is 16.7. The predicted molar refractivity (Wildman–Crippen MR) is 89.5 cm³/mol.